The number of amides is 1. The summed E-state index contributed by atoms with van der Waals surface area (Å²) >= 11 is 0. The van der Waals surface area contributed by atoms with Crippen molar-refractivity contribution in [3.05, 3.63) is 64.4 Å². The van der Waals surface area contributed by atoms with Gasteiger partial charge in [0.1, 0.15) is 30.2 Å². The first-order valence-corrected chi connectivity index (χ1v) is 19.5. The average Bonchev–Trinajstić information content (AvgIpc) is 3.35. The van der Waals surface area contributed by atoms with Crippen LogP contribution < -0.4 is 14.5 Å². The number of phenols is 1. The molecule has 7 heterocycles. The summed E-state index contributed by atoms with van der Waals surface area (Å²) in [7, 11) is 0. The number of nitrogens with zero attached hydrogens (tertiary/aromatic N) is 8. The van der Waals surface area contributed by atoms with Gasteiger partial charge in [-0.3, -0.25) is 14.4 Å². The van der Waals surface area contributed by atoms with Gasteiger partial charge in [0.2, 0.25) is 0 Å². The zero-order valence-electron chi connectivity index (χ0n) is 30.2. The first-order valence-electron chi connectivity index (χ1n) is 19.5. The molecule has 3 saturated heterocycles. The van der Waals surface area contributed by atoms with Crippen molar-refractivity contribution in [2.24, 2.45) is 5.92 Å². The summed E-state index contributed by atoms with van der Waals surface area (Å²) in [5, 5.41) is 17.2. The summed E-state index contributed by atoms with van der Waals surface area (Å²) in [5.74, 6) is 1.38. The Kier molecular flexibility index (Phi) is 7.82. The van der Waals surface area contributed by atoms with E-state index in [1.807, 2.05) is 22.6 Å². The van der Waals surface area contributed by atoms with Crippen LogP contribution in [0.2, 0.25) is 0 Å². The van der Waals surface area contributed by atoms with Gasteiger partial charge in [0.15, 0.2) is 5.69 Å². The number of benzene rings is 2. The van der Waals surface area contributed by atoms with Crippen LogP contribution in [0.15, 0.2) is 30.3 Å². The standard InChI is InChI=1S/C40H46F2N8O3/c1-2-29-31(42)6-5-25-15-28(51)18-35(36(25)29)46-13-8-30-33(22-46)43-39(53-23-40-9-3-11-48(40)20-26(41)19-40)44-37(30)47-10-4-12-50-27(21-47)17-32(45-50)38(52)49-14-7-24-16-34(24)49/h5-6,15,17-18,24,26,34,51H,2-4,7-14,16,19-23H2,1H3/t24?,26-,34?,40+/m1/s1. The second kappa shape index (κ2) is 12.5. The molecule has 2 aromatic carbocycles. The molecule has 278 valence electrons. The van der Waals surface area contributed by atoms with E-state index in [1.165, 1.54) is 6.07 Å². The Morgan fingerprint density at radius 2 is 1.96 bits per heavy atom. The highest BCUT2D eigenvalue weighted by atomic mass is 19.1. The van der Waals surface area contributed by atoms with E-state index in [1.54, 1.807) is 18.2 Å². The molecule has 53 heavy (non-hydrogen) atoms. The predicted octanol–water partition coefficient (Wildman–Crippen LogP) is 5.40. The normalized spacial score (nSPS) is 26.4. The lowest BCUT2D eigenvalue weighted by Crippen LogP contribution is -2.43. The van der Waals surface area contributed by atoms with Gasteiger partial charge in [-0.05, 0) is 86.6 Å². The maximum Gasteiger partial charge on any atom is 0.318 e. The van der Waals surface area contributed by atoms with Crippen LogP contribution in [0.4, 0.5) is 20.3 Å². The van der Waals surface area contributed by atoms with Crippen LogP contribution in [0.1, 0.15) is 78.5 Å². The van der Waals surface area contributed by atoms with Gasteiger partial charge in [-0.25, -0.2) is 8.78 Å². The molecule has 1 aliphatic carbocycles. The van der Waals surface area contributed by atoms with E-state index in [0.29, 0.717) is 81.8 Å². The van der Waals surface area contributed by atoms with Gasteiger partial charge >= 0.3 is 6.01 Å². The Morgan fingerprint density at radius 1 is 1.06 bits per heavy atom. The molecule has 4 atom stereocenters. The number of piperidine rings is 1. The van der Waals surface area contributed by atoms with Crippen LogP contribution in [0.5, 0.6) is 11.8 Å². The molecule has 2 aromatic heterocycles. The highest BCUT2D eigenvalue weighted by molar-refractivity contribution is 5.98. The second-order valence-corrected chi connectivity index (χ2v) is 16.1. The van der Waals surface area contributed by atoms with Crippen LogP contribution in [0.3, 0.4) is 0 Å². The number of phenolic OH excluding ortho intramolecular Hbond substituents is 1. The largest absolute Gasteiger partial charge is 0.508 e. The zero-order valence-corrected chi connectivity index (χ0v) is 30.2. The first-order chi connectivity index (χ1) is 25.8. The molecule has 1 amide bonds. The summed E-state index contributed by atoms with van der Waals surface area (Å²) < 4.78 is 38.3. The molecule has 2 unspecified atom stereocenters. The Hall–Kier alpha value is -4.52. The molecule has 13 heteroatoms. The lowest BCUT2D eigenvalue weighted by atomic mass is 9.95. The monoisotopic (exact) mass is 724 g/mol. The van der Waals surface area contributed by atoms with Crippen LogP contribution in [-0.2, 0) is 32.5 Å². The van der Waals surface area contributed by atoms with Gasteiger partial charge in [-0.15, -0.1) is 0 Å². The topological polar surface area (TPSA) is 103 Å². The SMILES string of the molecule is CCc1c(F)ccc2cc(O)cc(N3CCc4c(nc(OC[C@@]56CCCN5C[C@H](F)C6)nc4N4CCCn5nc(C(=O)N6CCC7CC76)cc5C4)C3)c12. The first kappa shape index (κ1) is 33.1. The Balaban J connectivity index is 1.00. The number of aromatic hydroxyl groups is 1. The average molecular weight is 725 g/mol. The predicted molar refractivity (Wildman–Crippen MR) is 196 cm³/mol. The van der Waals surface area contributed by atoms with Crippen LogP contribution in [0, 0.1) is 11.7 Å². The van der Waals surface area contributed by atoms with E-state index in [4.69, 9.17) is 19.8 Å². The number of ether oxygens (including phenoxy) is 1. The highest BCUT2D eigenvalue weighted by Crippen LogP contribution is 2.45. The van der Waals surface area contributed by atoms with Gasteiger partial charge in [0.25, 0.3) is 5.91 Å². The van der Waals surface area contributed by atoms with Crippen molar-refractivity contribution >= 4 is 28.2 Å². The smallest absolute Gasteiger partial charge is 0.318 e. The summed E-state index contributed by atoms with van der Waals surface area (Å²) in [6.45, 7) is 7.43. The zero-order chi connectivity index (χ0) is 36.0. The van der Waals surface area contributed by atoms with Crippen molar-refractivity contribution in [2.45, 2.75) is 95.7 Å². The summed E-state index contributed by atoms with van der Waals surface area (Å²) in [5.41, 5.74) is 4.40. The van der Waals surface area contributed by atoms with Crippen LogP contribution >= 0.6 is 0 Å². The Labute approximate surface area is 307 Å². The number of likely N-dealkylation sites (tertiary alicyclic amines) is 1. The van der Waals surface area contributed by atoms with Crippen molar-refractivity contribution in [3.63, 3.8) is 0 Å². The molecule has 4 aromatic rings. The quantitative estimate of drug-likeness (QED) is 0.269. The molecule has 11 nitrogen and oxygen atoms in total. The molecule has 10 rings (SSSR count). The Bertz CT molecular complexity index is 2130. The fraction of sp³-hybridized carbons (Fsp3) is 0.550. The number of anilines is 2. The number of rotatable bonds is 7. The highest BCUT2D eigenvalue weighted by Gasteiger charge is 2.50. The molecule has 4 fully saturated rings. The molecule has 1 N–H and O–H groups in total. The molecular formula is C40H46F2N8O3. The third-order valence-corrected chi connectivity index (χ3v) is 12.9. The molecule has 5 aliphatic heterocycles. The van der Waals surface area contributed by atoms with Gasteiger partial charge in [-0.2, -0.15) is 15.1 Å². The molecule has 1 saturated carbocycles. The molecule has 6 aliphatic rings. The van der Waals surface area contributed by atoms with E-state index in [2.05, 4.69) is 14.7 Å². The van der Waals surface area contributed by atoms with Crippen molar-refractivity contribution < 1.29 is 23.4 Å². The number of halogens is 2. The molecule has 0 spiro atoms. The minimum Gasteiger partial charge on any atom is -0.508 e. The van der Waals surface area contributed by atoms with Crippen molar-refractivity contribution in [1.82, 2.24) is 29.5 Å². The number of hydrogen-bond donors (Lipinski definition) is 1. The van der Waals surface area contributed by atoms with Crippen molar-refractivity contribution in [1.29, 1.82) is 0 Å². The number of carbonyl (C=O) groups is 1. The van der Waals surface area contributed by atoms with E-state index in [9.17, 15) is 14.3 Å². The maximum absolute atomic E-state index is 15.2. The van der Waals surface area contributed by atoms with E-state index >= 15 is 4.39 Å². The minimum atomic E-state index is -0.864. The number of aryl methyl sites for hydroxylation is 2. The van der Waals surface area contributed by atoms with E-state index < -0.39 is 6.17 Å². The van der Waals surface area contributed by atoms with E-state index in [0.717, 1.165) is 91.0 Å². The summed E-state index contributed by atoms with van der Waals surface area (Å²) in [6, 6.07) is 9.23. The molecule has 0 bridgehead atoms. The summed E-state index contributed by atoms with van der Waals surface area (Å²) in [6.07, 6.45) is 5.68. The van der Waals surface area contributed by atoms with E-state index in [-0.39, 0.29) is 29.0 Å². The third kappa shape index (κ3) is 5.60. The van der Waals surface area contributed by atoms with Gasteiger partial charge in [0, 0.05) is 67.9 Å². The van der Waals surface area contributed by atoms with Gasteiger partial charge < -0.3 is 24.5 Å². The van der Waals surface area contributed by atoms with Gasteiger partial charge in [-0.1, -0.05) is 13.0 Å². The second-order valence-electron chi connectivity index (χ2n) is 16.1. The summed E-state index contributed by atoms with van der Waals surface area (Å²) in [4.78, 5) is 32.3. The molecule has 0 radical (unpaired) electrons. The van der Waals surface area contributed by atoms with Crippen LogP contribution in [0.25, 0.3) is 10.8 Å². The van der Waals surface area contributed by atoms with Crippen molar-refractivity contribution in [3.8, 4) is 11.8 Å². The minimum absolute atomic E-state index is 0.0330. The van der Waals surface area contributed by atoms with Crippen LogP contribution in [-0.4, -0.2) is 97.6 Å². The number of alkyl halides is 1. The van der Waals surface area contributed by atoms with Crippen molar-refractivity contribution in [2.75, 3.05) is 49.1 Å². The third-order valence-electron chi connectivity index (χ3n) is 12.9. The number of fused-ring (bicyclic) bond motifs is 5. The fourth-order valence-corrected chi connectivity index (χ4v) is 10.2. The van der Waals surface area contributed by atoms with Gasteiger partial charge in [0.05, 0.1) is 30.0 Å². The fourth-order valence-electron chi connectivity index (χ4n) is 10.2. The number of carbonyl (C=O) groups excluding carboxylic acids is 1. The molecular weight excluding hydrogens is 678 g/mol. The lowest BCUT2D eigenvalue weighted by Gasteiger charge is -2.35. The maximum atomic E-state index is 15.2. The Morgan fingerprint density at radius 3 is 2.79 bits per heavy atom. The number of hydrogen-bond acceptors (Lipinski definition) is 9. The lowest BCUT2D eigenvalue weighted by molar-refractivity contribution is 0.0761. The number of aromatic nitrogens is 4.